The van der Waals surface area contributed by atoms with Gasteiger partial charge in [0.2, 0.25) is 0 Å². The minimum atomic E-state index is -0.303. The molecular formula is C17H18N2O2S. The Hall–Kier alpha value is -1.98. The fourth-order valence-electron chi connectivity index (χ4n) is 2.44. The number of benzene rings is 2. The molecule has 114 valence electrons. The summed E-state index contributed by atoms with van der Waals surface area (Å²) in [6, 6.07) is 17.7. The Kier molecular flexibility index (Phi) is 4.98. The number of hydrogen-bond acceptors (Lipinski definition) is 3. The van der Waals surface area contributed by atoms with Crippen molar-refractivity contribution in [2.75, 3.05) is 5.75 Å². The average Bonchev–Trinajstić information content (AvgIpc) is 2.56. The van der Waals surface area contributed by atoms with Crippen molar-refractivity contribution >= 4 is 17.8 Å². The zero-order chi connectivity index (χ0) is 15.2. The summed E-state index contributed by atoms with van der Waals surface area (Å²) in [4.78, 5) is 18.4. The van der Waals surface area contributed by atoms with Crippen molar-refractivity contribution < 1.29 is 9.63 Å². The van der Waals surface area contributed by atoms with E-state index in [4.69, 9.17) is 4.84 Å². The number of rotatable bonds is 4. The van der Waals surface area contributed by atoms with Gasteiger partial charge >= 0.3 is 6.03 Å². The normalized spacial score (nSPS) is 16.6. The Labute approximate surface area is 134 Å². The molecule has 1 heterocycles. The number of hydrogen-bond donors (Lipinski definition) is 2. The standard InChI is InChI=1S/C17H18N2O2S/c20-17(19-21-12-13-6-2-1-3-7-13)18-15-10-11-22-16-9-5-4-8-14(15)16/h1-9,15H,10-12H2,(H2,18,19,20)/t15-/m0/s1. The third-order valence-electron chi connectivity index (χ3n) is 3.51. The van der Waals surface area contributed by atoms with Crippen LogP contribution in [0.4, 0.5) is 4.79 Å². The van der Waals surface area contributed by atoms with Crippen LogP contribution in [-0.2, 0) is 11.4 Å². The highest BCUT2D eigenvalue weighted by molar-refractivity contribution is 7.99. The van der Waals surface area contributed by atoms with Crippen molar-refractivity contribution in [1.29, 1.82) is 0 Å². The van der Waals surface area contributed by atoms with Crippen molar-refractivity contribution in [3.63, 3.8) is 0 Å². The highest BCUT2D eigenvalue weighted by Gasteiger charge is 2.21. The number of amides is 2. The van der Waals surface area contributed by atoms with Gasteiger partial charge in [0, 0.05) is 10.6 Å². The van der Waals surface area contributed by atoms with E-state index in [2.05, 4.69) is 22.9 Å². The largest absolute Gasteiger partial charge is 0.339 e. The van der Waals surface area contributed by atoms with E-state index in [1.165, 1.54) is 10.5 Å². The summed E-state index contributed by atoms with van der Waals surface area (Å²) in [6.07, 6.45) is 0.924. The molecule has 0 radical (unpaired) electrons. The number of nitrogens with one attached hydrogen (secondary N) is 2. The second-order valence-corrected chi connectivity index (χ2v) is 6.21. The van der Waals surface area contributed by atoms with Crippen LogP contribution in [-0.4, -0.2) is 11.8 Å². The van der Waals surface area contributed by atoms with Gasteiger partial charge in [0.25, 0.3) is 0 Å². The minimum Gasteiger partial charge on any atom is -0.330 e. The van der Waals surface area contributed by atoms with Gasteiger partial charge in [0.05, 0.1) is 12.6 Å². The molecular weight excluding hydrogens is 296 g/mol. The Balaban J connectivity index is 1.50. The van der Waals surface area contributed by atoms with Gasteiger partial charge in [-0.3, -0.25) is 4.84 Å². The first-order chi connectivity index (χ1) is 10.8. The third kappa shape index (κ3) is 3.81. The number of carbonyl (C=O) groups is 1. The van der Waals surface area contributed by atoms with E-state index in [1.807, 2.05) is 54.2 Å². The topological polar surface area (TPSA) is 50.4 Å². The van der Waals surface area contributed by atoms with Crippen LogP contribution in [0.3, 0.4) is 0 Å². The lowest BCUT2D eigenvalue weighted by Crippen LogP contribution is -2.38. The molecule has 2 aromatic carbocycles. The first-order valence-corrected chi connectivity index (χ1v) is 8.25. The third-order valence-corrected chi connectivity index (χ3v) is 4.63. The number of thioether (sulfide) groups is 1. The van der Waals surface area contributed by atoms with Crippen molar-refractivity contribution in [3.05, 3.63) is 65.7 Å². The van der Waals surface area contributed by atoms with E-state index in [0.29, 0.717) is 6.61 Å². The van der Waals surface area contributed by atoms with Gasteiger partial charge in [-0.1, -0.05) is 48.5 Å². The summed E-state index contributed by atoms with van der Waals surface area (Å²) in [5.41, 5.74) is 4.65. The van der Waals surface area contributed by atoms with Gasteiger partial charge in [-0.15, -0.1) is 11.8 Å². The molecule has 4 nitrogen and oxygen atoms in total. The lowest BCUT2D eigenvalue weighted by molar-refractivity contribution is 0.0480. The maximum Gasteiger partial charge on any atom is 0.339 e. The number of carbonyl (C=O) groups excluding carboxylic acids is 1. The molecule has 0 bridgehead atoms. The van der Waals surface area contributed by atoms with Gasteiger partial charge in [-0.2, -0.15) is 0 Å². The summed E-state index contributed by atoms with van der Waals surface area (Å²) in [5, 5.41) is 2.97. The highest BCUT2D eigenvalue weighted by Crippen LogP contribution is 2.35. The number of hydroxylamine groups is 1. The molecule has 0 saturated heterocycles. The van der Waals surface area contributed by atoms with Crippen LogP contribution in [0.15, 0.2) is 59.5 Å². The Morgan fingerprint density at radius 3 is 2.77 bits per heavy atom. The lowest BCUT2D eigenvalue weighted by Gasteiger charge is -2.25. The summed E-state index contributed by atoms with van der Waals surface area (Å²) >= 11 is 1.83. The van der Waals surface area contributed by atoms with Crippen molar-refractivity contribution in [2.24, 2.45) is 0 Å². The van der Waals surface area contributed by atoms with Crippen LogP contribution < -0.4 is 10.8 Å². The molecule has 0 fully saturated rings. The first kappa shape index (κ1) is 14.9. The van der Waals surface area contributed by atoms with Gasteiger partial charge in [-0.05, 0) is 23.6 Å². The van der Waals surface area contributed by atoms with Gasteiger partial charge < -0.3 is 5.32 Å². The molecule has 1 atom stereocenters. The maximum atomic E-state index is 12.0. The maximum absolute atomic E-state index is 12.0. The van der Waals surface area contributed by atoms with E-state index in [-0.39, 0.29) is 12.1 Å². The highest BCUT2D eigenvalue weighted by atomic mass is 32.2. The van der Waals surface area contributed by atoms with E-state index in [0.717, 1.165) is 17.7 Å². The minimum absolute atomic E-state index is 0.0396. The molecule has 0 unspecified atom stereocenters. The van der Waals surface area contributed by atoms with Crippen LogP contribution >= 0.6 is 11.8 Å². The fraction of sp³-hybridized carbons (Fsp3) is 0.235. The van der Waals surface area contributed by atoms with E-state index in [1.54, 1.807) is 0 Å². The summed E-state index contributed by atoms with van der Waals surface area (Å²) in [5.74, 6) is 1.01. The molecule has 5 heteroatoms. The molecule has 1 aliphatic rings. The van der Waals surface area contributed by atoms with Gasteiger partial charge in [-0.25, -0.2) is 10.3 Å². The second kappa shape index (κ2) is 7.33. The quantitative estimate of drug-likeness (QED) is 0.847. The van der Waals surface area contributed by atoms with E-state index < -0.39 is 0 Å². The Morgan fingerprint density at radius 1 is 1.14 bits per heavy atom. The van der Waals surface area contributed by atoms with Crippen LogP contribution in [0.1, 0.15) is 23.6 Å². The fourth-order valence-corrected chi connectivity index (χ4v) is 3.56. The molecule has 2 amide bonds. The van der Waals surface area contributed by atoms with Crippen LogP contribution in [0, 0.1) is 0 Å². The SMILES string of the molecule is O=C(NOCc1ccccc1)N[C@H]1CCSc2ccccc21. The predicted octanol–water partition coefficient (Wildman–Crippen LogP) is 3.65. The molecule has 3 rings (SSSR count). The van der Waals surface area contributed by atoms with Crippen LogP contribution in [0.25, 0.3) is 0 Å². The molecule has 0 aromatic heterocycles. The average molecular weight is 314 g/mol. The van der Waals surface area contributed by atoms with Crippen molar-refractivity contribution in [1.82, 2.24) is 10.8 Å². The first-order valence-electron chi connectivity index (χ1n) is 7.27. The second-order valence-electron chi connectivity index (χ2n) is 5.08. The van der Waals surface area contributed by atoms with Crippen molar-refractivity contribution in [2.45, 2.75) is 24.0 Å². The molecule has 2 aromatic rings. The van der Waals surface area contributed by atoms with Gasteiger partial charge in [0.15, 0.2) is 0 Å². The number of fused-ring (bicyclic) bond motifs is 1. The predicted molar refractivity (Wildman–Crippen MR) is 87.4 cm³/mol. The molecule has 22 heavy (non-hydrogen) atoms. The van der Waals surface area contributed by atoms with E-state index in [9.17, 15) is 4.79 Å². The summed E-state index contributed by atoms with van der Waals surface area (Å²) in [6.45, 7) is 0.353. The molecule has 0 saturated carbocycles. The van der Waals surface area contributed by atoms with Crippen molar-refractivity contribution in [3.8, 4) is 0 Å². The van der Waals surface area contributed by atoms with Crippen LogP contribution in [0.5, 0.6) is 0 Å². The monoisotopic (exact) mass is 314 g/mol. The Morgan fingerprint density at radius 2 is 1.91 bits per heavy atom. The lowest BCUT2D eigenvalue weighted by atomic mass is 10.0. The summed E-state index contributed by atoms with van der Waals surface area (Å²) < 4.78 is 0. The summed E-state index contributed by atoms with van der Waals surface area (Å²) in [7, 11) is 0. The van der Waals surface area contributed by atoms with E-state index >= 15 is 0 Å². The molecule has 2 N–H and O–H groups in total. The van der Waals surface area contributed by atoms with Crippen LogP contribution in [0.2, 0.25) is 0 Å². The number of urea groups is 1. The molecule has 0 spiro atoms. The van der Waals surface area contributed by atoms with Gasteiger partial charge in [0.1, 0.15) is 0 Å². The molecule has 0 aliphatic carbocycles. The molecule has 1 aliphatic heterocycles. The zero-order valence-corrected chi connectivity index (χ0v) is 12.9. The smallest absolute Gasteiger partial charge is 0.330 e. The zero-order valence-electron chi connectivity index (χ0n) is 12.1. The Bertz CT molecular complexity index is 634.